The van der Waals surface area contributed by atoms with Crippen LogP contribution in [-0.4, -0.2) is 35.4 Å². The molecule has 2 amide bonds. The van der Waals surface area contributed by atoms with Crippen LogP contribution < -0.4 is 5.48 Å². The average Bonchev–Trinajstić information content (AvgIpc) is 2.75. The van der Waals surface area contributed by atoms with Crippen LogP contribution in [0.2, 0.25) is 0 Å². The van der Waals surface area contributed by atoms with E-state index in [1.165, 1.54) is 11.3 Å². The number of imide groups is 1. The minimum atomic E-state index is -0.587. The Morgan fingerprint density at radius 3 is 2.62 bits per heavy atom. The average molecular weight is 224 g/mol. The number of nitrogens with one attached hydrogen (secondary N) is 1. The van der Waals surface area contributed by atoms with Crippen molar-refractivity contribution in [1.29, 1.82) is 0 Å². The van der Waals surface area contributed by atoms with Crippen molar-refractivity contribution in [2.24, 2.45) is 5.92 Å². The van der Waals surface area contributed by atoms with Gasteiger partial charge in [-0.2, -0.15) is 5.48 Å². The maximum Gasteiger partial charge on any atom is 0.261 e. The summed E-state index contributed by atoms with van der Waals surface area (Å²) in [5, 5.41) is 0. The van der Waals surface area contributed by atoms with Gasteiger partial charge in [0.2, 0.25) is 5.91 Å². The predicted octanol–water partition coefficient (Wildman–Crippen LogP) is 0.207. The number of hydrogen-bond donors (Lipinski definition) is 1. The second-order valence-corrected chi connectivity index (χ2v) is 5.07. The van der Waals surface area contributed by atoms with Gasteiger partial charge < -0.3 is 0 Å². The number of carbonyl (C=O) groups is 2. The zero-order chi connectivity index (χ0) is 11.3. The highest BCUT2D eigenvalue weighted by Crippen LogP contribution is 2.44. The summed E-state index contributed by atoms with van der Waals surface area (Å²) in [7, 11) is 1.54. The number of fused-ring (bicyclic) bond motifs is 2. The number of rotatable bonds is 0. The van der Waals surface area contributed by atoms with Gasteiger partial charge in [-0.05, 0) is 12.8 Å². The largest absolute Gasteiger partial charge is 0.287 e. The predicted molar refractivity (Wildman–Crippen MR) is 55.1 cm³/mol. The SMILES string of the molecule is CN1C(=O)[C@H]2ONC3(CCCCC3)[C@H]2C1=O. The molecule has 0 aromatic carbocycles. The van der Waals surface area contributed by atoms with E-state index in [2.05, 4.69) is 5.48 Å². The Balaban J connectivity index is 1.94. The first kappa shape index (κ1) is 10.2. The molecule has 0 bridgehead atoms. The first-order valence-electron chi connectivity index (χ1n) is 5.90. The molecule has 16 heavy (non-hydrogen) atoms. The molecule has 0 radical (unpaired) electrons. The van der Waals surface area contributed by atoms with Gasteiger partial charge in [-0.3, -0.25) is 19.3 Å². The highest BCUT2D eigenvalue weighted by Gasteiger charge is 2.62. The number of nitrogens with zero attached hydrogens (tertiary/aromatic N) is 1. The molecule has 0 aromatic heterocycles. The fourth-order valence-corrected chi connectivity index (χ4v) is 3.26. The Labute approximate surface area is 94.1 Å². The van der Waals surface area contributed by atoms with Crippen molar-refractivity contribution in [1.82, 2.24) is 10.4 Å². The van der Waals surface area contributed by atoms with E-state index in [0.29, 0.717) is 0 Å². The molecule has 2 heterocycles. The standard InChI is InChI=1S/C11H16N2O3/c1-13-9(14)7-8(10(13)15)16-12-11(7)5-3-2-4-6-11/h7-8,12H,2-6H2,1H3/t7-,8+/m1/s1. The van der Waals surface area contributed by atoms with Gasteiger partial charge in [0, 0.05) is 7.05 Å². The molecule has 3 fully saturated rings. The van der Waals surface area contributed by atoms with Crippen molar-refractivity contribution in [2.45, 2.75) is 43.7 Å². The minimum Gasteiger partial charge on any atom is -0.287 e. The number of likely N-dealkylation sites (N-methyl/N-ethyl adjacent to an activating group) is 1. The normalized spacial score (nSPS) is 37.2. The number of carbonyl (C=O) groups excluding carboxylic acids is 2. The molecule has 1 aliphatic carbocycles. The van der Waals surface area contributed by atoms with Crippen molar-refractivity contribution in [3.05, 3.63) is 0 Å². The third kappa shape index (κ3) is 1.13. The fraction of sp³-hybridized carbons (Fsp3) is 0.818. The van der Waals surface area contributed by atoms with Gasteiger partial charge in [0.1, 0.15) is 0 Å². The van der Waals surface area contributed by atoms with Crippen LogP contribution in [0.5, 0.6) is 0 Å². The quantitative estimate of drug-likeness (QED) is 0.597. The molecule has 88 valence electrons. The number of hydrogen-bond acceptors (Lipinski definition) is 4. The lowest BCUT2D eigenvalue weighted by Crippen LogP contribution is -2.50. The Morgan fingerprint density at radius 1 is 1.25 bits per heavy atom. The summed E-state index contributed by atoms with van der Waals surface area (Å²) in [6.45, 7) is 0. The van der Waals surface area contributed by atoms with Crippen molar-refractivity contribution < 1.29 is 14.4 Å². The third-order valence-electron chi connectivity index (χ3n) is 4.20. The summed E-state index contributed by atoms with van der Waals surface area (Å²) in [6, 6.07) is 0. The molecule has 1 spiro atoms. The Morgan fingerprint density at radius 2 is 1.94 bits per heavy atom. The Kier molecular flexibility index (Phi) is 2.09. The molecule has 2 saturated heterocycles. The van der Waals surface area contributed by atoms with Gasteiger partial charge in [-0.15, -0.1) is 0 Å². The molecule has 0 unspecified atom stereocenters. The third-order valence-corrected chi connectivity index (χ3v) is 4.20. The summed E-state index contributed by atoms with van der Waals surface area (Å²) in [5.74, 6) is -0.586. The van der Waals surface area contributed by atoms with E-state index in [1.807, 2.05) is 0 Å². The van der Waals surface area contributed by atoms with E-state index < -0.39 is 6.10 Å². The lowest BCUT2D eigenvalue weighted by atomic mass is 9.72. The van der Waals surface area contributed by atoms with Crippen LogP contribution in [0.4, 0.5) is 0 Å². The van der Waals surface area contributed by atoms with E-state index in [0.717, 1.165) is 25.7 Å². The zero-order valence-corrected chi connectivity index (χ0v) is 9.36. The van der Waals surface area contributed by atoms with Gasteiger partial charge in [-0.25, -0.2) is 0 Å². The summed E-state index contributed by atoms with van der Waals surface area (Å²) in [4.78, 5) is 30.4. The van der Waals surface area contributed by atoms with Crippen LogP contribution in [-0.2, 0) is 14.4 Å². The number of amides is 2. The van der Waals surface area contributed by atoms with Crippen LogP contribution in [0.3, 0.4) is 0 Å². The van der Waals surface area contributed by atoms with Gasteiger partial charge in [-0.1, -0.05) is 19.3 Å². The molecule has 1 N–H and O–H groups in total. The molecule has 1 saturated carbocycles. The summed E-state index contributed by atoms with van der Waals surface area (Å²) < 4.78 is 0. The summed E-state index contributed by atoms with van der Waals surface area (Å²) >= 11 is 0. The smallest absolute Gasteiger partial charge is 0.261 e. The molecule has 0 aromatic rings. The summed E-state index contributed by atoms with van der Waals surface area (Å²) in [5.41, 5.74) is 2.71. The van der Waals surface area contributed by atoms with Crippen LogP contribution >= 0.6 is 0 Å². The highest BCUT2D eigenvalue weighted by atomic mass is 16.7. The topological polar surface area (TPSA) is 58.6 Å². The van der Waals surface area contributed by atoms with Crippen molar-refractivity contribution in [3.8, 4) is 0 Å². The summed E-state index contributed by atoms with van der Waals surface area (Å²) in [6.07, 6.45) is 4.69. The lowest BCUT2D eigenvalue weighted by Gasteiger charge is -2.35. The van der Waals surface area contributed by atoms with Crippen LogP contribution in [0.15, 0.2) is 0 Å². The number of hydroxylamine groups is 1. The van der Waals surface area contributed by atoms with E-state index in [9.17, 15) is 9.59 Å². The fourth-order valence-electron chi connectivity index (χ4n) is 3.26. The van der Waals surface area contributed by atoms with Crippen molar-refractivity contribution in [2.75, 3.05) is 7.05 Å². The highest BCUT2D eigenvalue weighted by molar-refractivity contribution is 6.07. The van der Waals surface area contributed by atoms with Crippen molar-refractivity contribution >= 4 is 11.8 Å². The van der Waals surface area contributed by atoms with E-state index in [1.54, 1.807) is 7.05 Å². The van der Waals surface area contributed by atoms with Gasteiger partial charge in [0.25, 0.3) is 5.91 Å². The second-order valence-electron chi connectivity index (χ2n) is 5.07. The van der Waals surface area contributed by atoms with Gasteiger partial charge in [0.15, 0.2) is 6.10 Å². The van der Waals surface area contributed by atoms with Crippen LogP contribution in [0.1, 0.15) is 32.1 Å². The van der Waals surface area contributed by atoms with Crippen LogP contribution in [0, 0.1) is 5.92 Å². The van der Waals surface area contributed by atoms with Crippen LogP contribution in [0.25, 0.3) is 0 Å². The monoisotopic (exact) mass is 224 g/mol. The molecule has 5 heteroatoms. The second kappa shape index (κ2) is 3.28. The van der Waals surface area contributed by atoms with E-state index >= 15 is 0 Å². The van der Waals surface area contributed by atoms with Crippen molar-refractivity contribution in [3.63, 3.8) is 0 Å². The Hall–Kier alpha value is -0.940. The zero-order valence-electron chi connectivity index (χ0n) is 9.36. The first-order valence-corrected chi connectivity index (χ1v) is 5.90. The molecular formula is C11H16N2O3. The first-order chi connectivity index (χ1) is 7.66. The molecule has 5 nitrogen and oxygen atoms in total. The maximum absolute atomic E-state index is 12.1. The molecule has 3 rings (SSSR count). The minimum absolute atomic E-state index is 0.0816. The van der Waals surface area contributed by atoms with Gasteiger partial charge >= 0.3 is 0 Å². The van der Waals surface area contributed by atoms with E-state index in [4.69, 9.17) is 4.84 Å². The molecular weight excluding hydrogens is 208 g/mol. The Bertz CT molecular complexity index is 349. The molecule has 2 atom stereocenters. The number of likely N-dealkylation sites (tertiary alicyclic amines) is 1. The molecule has 2 aliphatic heterocycles. The molecule has 3 aliphatic rings. The van der Waals surface area contributed by atoms with Gasteiger partial charge in [0.05, 0.1) is 11.5 Å². The lowest BCUT2D eigenvalue weighted by molar-refractivity contribution is -0.144. The van der Waals surface area contributed by atoms with E-state index in [-0.39, 0.29) is 23.3 Å². The maximum atomic E-state index is 12.1.